The molecule has 25 heavy (non-hydrogen) atoms. The number of hydrogen-bond donors (Lipinski definition) is 1. The van der Waals surface area contributed by atoms with Crippen molar-refractivity contribution in [1.82, 2.24) is 15.1 Å². The van der Waals surface area contributed by atoms with Gasteiger partial charge in [0.1, 0.15) is 11.9 Å². The molecule has 0 aliphatic carbocycles. The first kappa shape index (κ1) is 17.8. The maximum atomic E-state index is 13.5. The summed E-state index contributed by atoms with van der Waals surface area (Å²) >= 11 is 0. The number of amides is 2. The zero-order chi connectivity index (χ0) is 17.6. The van der Waals surface area contributed by atoms with Crippen molar-refractivity contribution < 1.29 is 18.7 Å². The highest BCUT2D eigenvalue weighted by Gasteiger charge is 2.30. The standard InChI is InChI=1S/C18H24FN3O3/c19-15-5-2-1-4-14(15)12-20-17(23)13-21-7-9-22(10-8-21)18(24)16-6-3-11-25-16/h1-2,4-5,16H,3,6-13H2,(H,20,23)/t16-/m0/s1. The molecule has 0 radical (unpaired) electrons. The lowest BCUT2D eigenvalue weighted by molar-refractivity contribution is -0.142. The third-order valence-electron chi connectivity index (χ3n) is 4.69. The second-order valence-electron chi connectivity index (χ2n) is 6.47. The van der Waals surface area contributed by atoms with Gasteiger partial charge in [-0.05, 0) is 18.9 Å². The van der Waals surface area contributed by atoms with Crippen LogP contribution in [-0.4, -0.2) is 67.0 Å². The summed E-state index contributed by atoms with van der Waals surface area (Å²) in [5, 5.41) is 2.74. The number of carbonyl (C=O) groups is 2. The van der Waals surface area contributed by atoms with Crippen LogP contribution >= 0.6 is 0 Å². The number of halogens is 1. The molecule has 2 aliphatic heterocycles. The van der Waals surface area contributed by atoms with E-state index in [4.69, 9.17) is 4.74 Å². The Labute approximate surface area is 146 Å². The molecule has 2 fully saturated rings. The van der Waals surface area contributed by atoms with E-state index in [9.17, 15) is 14.0 Å². The number of benzene rings is 1. The fourth-order valence-electron chi connectivity index (χ4n) is 3.20. The molecule has 0 aromatic heterocycles. The number of nitrogens with zero attached hydrogens (tertiary/aromatic N) is 2. The van der Waals surface area contributed by atoms with E-state index >= 15 is 0 Å². The Bertz CT molecular complexity index is 611. The minimum absolute atomic E-state index is 0.0705. The third-order valence-corrected chi connectivity index (χ3v) is 4.69. The molecule has 1 atom stereocenters. The van der Waals surface area contributed by atoms with E-state index in [1.807, 2.05) is 9.80 Å². The summed E-state index contributed by atoms with van der Waals surface area (Å²) in [4.78, 5) is 28.2. The lowest BCUT2D eigenvalue weighted by atomic mass is 10.2. The summed E-state index contributed by atoms with van der Waals surface area (Å²) < 4.78 is 19.0. The van der Waals surface area contributed by atoms with Crippen molar-refractivity contribution in [2.75, 3.05) is 39.3 Å². The Hall–Kier alpha value is -1.99. The molecule has 1 aromatic rings. The molecule has 2 saturated heterocycles. The summed E-state index contributed by atoms with van der Waals surface area (Å²) in [5.41, 5.74) is 0.475. The number of nitrogens with one attached hydrogen (secondary N) is 1. The molecular weight excluding hydrogens is 325 g/mol. The fourth-order valence-corrected chi connectivity index (χ4v) is 3.20. The van der Waals surface area contributed by atoms with Gasteiger partial charge in [0.05, 0.1) is 6.54 Å². The highest BCUT2D eigenvalue weighted by Crippen LogP contribution is 2.16. The molecule has 7 heteroatoms. The van der Waals surface area contributed by atoms with Crippen molar-refractivity contribution in [2.45, 2.75) is 25.5 Å². The largest absolute Gasteiger partial charge is 0.368 e. The minimum Gasteiger partial charge on any atom is -0.368 e. The van der Waals surface area contributed by atoms with Crippen LogP contribution in [0, 0.1) is 5.82 Å². The first-order valence-electron chi connectivity index (χ1n) is 8.76. The van der Waals surface area contributed by atoms with E-state index in [0.29, 0.717) is 38.3 Å². The van der Waals surface area contributed by atoms with Crippen molar-refractivity contribution in [3.05, 3.63) is 35.6 Å². The fraction of sp³-hybridized carbons (Fsp3) is 0.556. The van der Waals surface area contributed by atoms with E-state index in [-0.39, 0.29) is 36.8 Å². The molecule has 0 unspecified atom stereocenters. The Kier molecular flexibility index (Phi) is 5.99. The Morgan fingerprint density at radius 2 is 1.96 bits per heavy atom. The maximum absolute atomic E-state index is 13.5. The van der Waals surface area contributed by atoms with Crippen molar-refractivity contribution in [1.29, 1.82) is 0 Å². The molecule has 2 aliphatic rings. The van der Waals surface area contributed by atoms with Gasteiger partial charge in [0.15, 0.2) is 0 Å². The van der Waals surface area contributed by atoms with E-state index < -0.39 is 0 Å². The van der Waals surface area contributed by atoms with Crippen LogP contribution in [0.25, 0.3) is 0 Å². The van der Waals surface area contributed by atoms with Crippen LogP contribution in [0.4, 0.5) is 4.39 Å². The van der Waals surface area contributed by atoms with Crippen molar-refractivity contribution in [3.8, 4) is 0 Å². The molecule has 2 amide bonds. The second kappa shape index (κ2) is 8.40. The van der Waals surface area contributed by atoms with Gasteiger partial charge in [0.2, 0.25) is 5.91 Å². The van der Waals surface area contributed by atoms with Gasteiger partial charge < -0.3 is 15.0 Å². The van der Waals surface area contributed by atoms with Crippen LogP contribution in [0.1, 0.15) is 18.4 Å². The quantitative estimate of drug-likeness (QED) is 0.853. The summed E-state index contributed by atoms with van der Waals surface area (Å²) in [5.74, 6) is -0.382. The average molecular weight is 349 g/mol. The SMILES string of the molecule is O=C(CN1CCN(C(=O)[C@@H]2CCCO2)CC1)NCc1ccccc1F. The van der Waals surface area contributed by atoms with Gasteiger partial charge in [-0.1, -0.05) is 18.2 Å². The smallest absolute Gasteiger partial charge is 0.251 e. The highest BCUT2D eigenvalue weighted by molar-refractivity contribution is 5.81. The third kappa shape index (κ3) is 4.76. The molecule has 0 spiro atoms. The predicted octanol–water partition coefficient (Wildman–Crippen LogP) is 0.765. The van der Waals surface area contributed by atoms with E-state index in [1.54, 1.807) is 18.2 Å². The first-order chi connectivity index (χ1) is 12.1. The van der Waals surface area contributed by atoms with Gasteiger partial charge >= 0.3 is 0 Å². The topological polar surface area (TPSA) is 61.9 Å². The monoisotopic (exact) mass is 349 g/mol. The van der Waals surface area contributed by atoms with E-state index in [2.05, 4.69) is 5.32 Å². The number of rotatable bonds is 5. The lowest BCUT2D eigenvalue weighted by Gasteiger charge is -2.35. The lowest BCUT2D eigenvalue weighted by Crippen LogP contribution is -2.53. The number of ether oxygens (including phenoxy) is 1. The van der Waals surface area contributed by atoms with Gasteiger partial charge in [-0.3, -0.25) is 14.5 Å². The Morgan fingerprint density at radius 1 is 1.20 bits per heavy atom. The molecule has 3 rings (SSSR count). The zero-order valence-electron chi connectivity index (χ0n) is 14.2. The second-order valence-corrected chi connectivity index (χ2v) is 6.47. The molecule has 2 heterocycles. The predicted molar refractivity (Wildman–Crippen MR) is 90.2 cm³/mol. The van der Waals surface area contributed by atoms with E-state index in [1.165, 1.54) is 6.07 Å². The molecule has 1 N–H and O–H groups in total. The van der Waals surface area contributed by atoms with Crippen LogP contribution in [0.3, 0.4) is 0 Å². The Balaban J connectivity index is 1.39. The molecule has 136 valence electrons. The van der Waals surface area contributed by atoms with Gasteiger partial charge in [0, 0.05) is 44.9 Å². The first-order valence-corrected chi connectivity index (χ1v) is 8.76. The van der Waals surface area contributed by atoms with Crippen LogP contribution in [0.2, 0.25) is 0 Å². The van der Waals surface area contributed by atoms with Gasteiger partial charge in [0.25, 0.3) is 5.91 Å². The number of piperazine rings is 1. The van der Waals surface area contributed by atoms with Gasteiger partial charge in [-0.25, -0.2) is 4.39 Å². The molecule has 6 nitrogen and oxygen atoms in total. The molecule has 1 aromatic carbocycles. The molecular formula is C18H24FN3O3. The summed E-state index contributed by atoms with van der Waals surface area (Å²) in [6.07, 6.45) is 1.46. The Morgan fingerprint density at radius 3 is 2.64 bits per heavy atom. The van der Waals surface area contributed by atoms with Crippen LogP contribution in [0.5, 0.6) is 0 Å². The zero-order valence-corrected chi connectivity index (χ0v) is 14.2. The van der Waals surface area contributed by atoms with E-state index in [0.717, 1.165) is 12.8 Å². The summed E-state index contributed by atoms with van der Waals surface area (Å²) in [6.45, 7) is 3.65. The van der Waals surface area contributed by atoms with Gasteiger partial charge in [-0.15, -0.1) is 0 Å². The minimum atomic E-state index is -0.316. The van der Waals surface area contributed by atoms with Crippen LogP contribution in [0.15, 0.2) is 24.3 Å². The van der Waals surface area contributed by atoms with Crippen molar-refractivity contribution in [3.63, 3.8) is 0 Å². The molecule has 0 saturated carbocycles. The number of carbonyl (C=O) groups excluding carboxylic acids is 2. The van der Waals surface area contributed by atoms with Crippen LogP contribution in [-0.2, 0) is 20.9 Å². The number of hydrogen-bond acceptors (Lipinski definition) is 4. The normalized spacial score (nSPS) is 21.3. The summed E-state index contributed by atoms with van der Waals surface area (Å²) in [7, 11) is 0. The maximum Gasteiger partial charge on any atom is 0.251 e. The van der Waals surface area contributed by atoms with Crippen molar-refractivity contribution >= 4 is 11.8 Å². The van der Waals surface area contributed by atoms with Gasteiger partial charge in [-0.2, -0.15) is 0 Å². The highest BCUT2D eigenvalue weighted by atomic mass is 19.1. The van der Waals surface area contributed by atoms with Crippen LogP contribution < -0.4 is 5.32 Å². The van der Waals surface area contributed by atoms with Crippen molar-refractivity contribution in [2.24, 2.45) is 0 Å². The summed E-state index contributed by atoms with van der Waals surface area (Å²) in [6, 6.07) is 6.41. The molecule has 0 bridgehead atoms. The average Bonchev–Trinajstić information content (AvgIpc) is 3.16.